The van der Waals surface area contributed by atoms with Crippen LogP contribution in [0.15, 0.2) is 18.2 Å². The van der Waals surface area contributed by atoms with Crippen LogP contribution in [-0.2, 0) is 6.42 Å². The third-order valence-electron chi connectivity index (χ3n) is 3.16. The molecule has 5 heteroatoms. The quantitative estimate of drug-likeness (QED) is 0.639. The van der Waals surface area contributed by atoms with Gasteiger partial charge < -0.3 is 10.1 Å². The predicted octanol–water partition coefficient (Wildman–Crippen LogP) is 1.76. The maximum absolute atomic E-state index is 11.0. The van der Waals surface area contributed by atoms with E-state index in [0.29, 0.717) is 11.7 Å². The Labute approximate surface area is 99.9 Å². The normalized spacial score (nSPS) is 19.2. The summed E-state index contributed by atoms with van der Waals surface area (Å²) in [6.07, 6.45) is 1.84. The lowest BCUT2D eigenvalue weighted by molar-refractivity contribution is -0.385. The number of methoxy groups -OCH3 is 1. The largest absolute Gasteiger partial charge is 0.497 e. The molecular formula is C12H16N2O3. The number of nitrogens with zero attached hydrogens (tertiary/aromatic N) is 1. The first-order valence-electron chi connectivity index (χ1n) is 5.72. The third-order valence-corrected chi connectivity index (χ3v) is 3.16. The third kappa shape index (κ3) is 2.74. The Morgan fingerprint density at radius 1 is 1.59 bits per heavy atom. The number of hydrogen-bond acceptors (Lipinski definition) is 4. The first kappa shape index (κ1) is 11.9. The van der Waals surface area contributed by atoms with E-state index in [1.165, 1.54) is 13.2 Å². The minimum absolute atomic E-state index is 0.163. The average molecular weight is 236 g/mol. The van der Waals surface area contributed by atoms with E-state index in [1.54, 1.807) is 12.1 Å². The summed E-state index contributed by atoms with van der Waals surface area (Å²) in [5.41, 5.74) is 0.959. The fraction of sp³-hybridized carbons (Fsp3) is 0.500. The molecule has 1 aliphatic heterocycles. The zero-order chi connectivity index (χ0) is 12.3. The molecule has 0 aromatic heterocycles. The van der Waals surface area contributed by atoms with Crippen molar-refractivity contribution < 1.29 is 9.66 Å². The van der Waals surface area contributed by atoms with Crippen LogP contribution >= 0.6 is 0 Å². The van der Waals surface area contributed by atoms with Gasteiger partial charge in [0.2, 0.25) is 0 Å². The first-order chi connectivity index (χ1) is 8.20. The predicted molar refractivity (Wildman–Crippen MR) is 64.3 cm³/mol. The van der Waals surface area contributed by atoms with Gasteiger partial charge in [-0.15, -0.1) is 0 Å². The second kappa shape index (κ2) is 5.14. The molecule has 1 aliphatic rings. The second-order valence-electron chi connectivity index (χ2n) is 4.31. The fourth-order valence-electron chi connectivity index (χ4n) is 2.21. The Kier molecular flexibility index (Phi) is 3.58. The number of benzene rings is 1. The SMILES string of the molecule is COc1ccc(CC2CCNC2)c([N+](=O)[O-])c1. The smallest absolute Gasteiger partial charge is 0.276 e. The van der Waals surface area contributed by atoms with Crippen molar-refractivity contribution in [2.45, 2.75) is 12.8 Å². The monoisotopic (exact) mass is 236 g/mol. The van der Waals surface area contributed by atoms with Crippen molar-refractivity contribution >= 4 is 5.69 Å². The van der Waals surface area contributed by atoms with E-state index in [4.69, 9.17) is 4.74 Å². The molecule has 1 heterocycles. The summed E-state index contributed by atoms with van der Waals surface area (Å²) in [6.45, 7) is 1.96. The molecule has 0 radical (unpaired) electrons. The Hall–Kier alpha value is -1.62. The lowest BCUT2D eigenvalue weighted by atomic mass is 9.97. The van der Waals surface area contributed by atoms with E-state index in [0.717, 1.165) is 31.5 Å². The van der Waals surface area contributed by atoms with Crippen LogP contribution in [0, 0.1) is 16.0 Å². The van der Waals surface area contributed by atoms with E-state index in [2.05, 4.69) is 5.32 Å². The van der Waals surface area contributed by atoms with Gasteiger partial charge >= 0.3 is 0 Å². The molecule has 1 aromatic rings. The first-order valence-corrected chi connectivity index (χ1v) is 5.72. The minimum Gasteiger partial charge on any atom is -0.497 e. The van der Waals surface area contributed by atoms with Crippen molar-refractivity contribution in [2.24, 2.45) is 5.92 Å². The van der Waals surface area contributed by atoms with Gasteiger partial charge in [0, 0.05) is 5.56 Å². The van der Waals surface area contributed by atoms with Crippen molar-refractivity contribution in [1.29, 1.82) is 0 Å². The molecule has 2 rings (SSSR count). The summed E-state index contributed by atoms with van der Waals surface area (Å²) in [5, 5.41) is 14.3. The number of nitro groups is 1. The zero-order valence-electron chi connectivity index (χ0n) is 9.81. The molecule has 0 saturated carbocycles. The molecule has 0 spiro atoms. The Morgan fingerprint density at radius 2 is 2.41 bits per heavy atom. The van der Waals surface area contributed by atoms with E-state index < -0.39 is 0 Å². The summed E-state index contributed by atoms with van der Waals surface area (Å²) >= 11 is 0. The van der Waals surface area contributed by atoms with Crippen LogP contribution in [0.4, 0.5) is 5.69 Å². The fourth-order valence-corrected chi connectivity index (χ4v) is 2.21. The van der Waals surface area contributed by atoms with Crippen molar-refractivity contribution in [3.05, 3.63) is 33.9 Å². The van der Waals surface area contributed by atoms with Crippen LogP contribution in [0.2, 0.25) is 0 Å². The van der Waals surface area contributed by atoms with Gasteiger partial charge in [0.15, 0.2) is 0 Å². The summed E-state index contributed by atoms with van der Waals surface area (Å²) in [4.78, 5) is 10.7. The van der Waals surface area contributed by atoms with Gasteiger partial charge in [-0.3, -0.25) is 10.1 Å². The highest BCUT2D eigenvalue weighted by atomic mass is 16.6. The number of nitrogens with one attached hydrogen (secondary N) is 1. The molecule has 0 aliphatic carbocycles. The van der Waals surface area contributed by atoms with Crippen LogP contribution in [-0.4, -0.2) is 25.1 Å². The summed E-state index contributed by atoms with van der Waals surface area (Å²) < 4.78 is 5.01. The van der Waals surface area contributed by atoms with Crippen LogP contribution in [0.1, 0.15) is 12.0 Å². The van der Waals surface area contributed by atoms with Gasteiger partial charge in [0.05, 0.1) is 18.1 Å². The van der Waals surface area contributed by atoms with Crippen LogP contribution in [0.25, 0.3) is 0 Å². The molecule has 1 atom stereocenters. The van der Waals surface area contributed by atoms with Crippen molar-refractivity contribution in [1.82, 2.24) is 5.32 Å². The van der Waals surface area contributed by atoms with Crippen molar-refractivity contribution in [2.75, 3.05) is 20.2 Å². The van der Waals surface area contributed by atoms with Gasteiger partial charge in [-0.05, 0) is 44.0 Å². The molecule has 1 aromatic carbocycles. The molecular weight excluding hydrogens is 220 g/mol. The molecule has 1 saturated heterocycles. The molecule has 17 heavy (non-hydrogen) atoms. The van der Waals surface area contributed by atoms with Gasteiger partial charge in [0.25, 0.3) is 5.69 Å². The van der Waals surface area contributed by atoms with E-state index in [9.17, 15) is 10.1 Å². The number of ether oxygens (including phenoxy) is 1. The van der Waals surface area contributed by atoms with E-state index in [1.807, 2.05) is 0 Å². The Morgan fingerprint density at radius 3 is 3.00 bits per heavy atom. The molecule has 0 amide bonds. The molecule has 0 bridgehead atoms. The highest BCUT2D eigenvalue weighted by molar-refractivity contribution is 5.46. The van der Waals surface area contributed by atoms with E-state index >= 15 is 0 Å². The lowest BCUT2D eigenvalue weighted by Gasteiger charge is -2.09. The van der Waals surface area contributed by atoms with Crippen LogP contribution in [0.5, 0.6) is 5.75 Å². The summed E-state index contributed by atoms with van der Waals surface area (Å²) in [7, 11) is 1.51. The summed E-state index contributed by atoms with van der Waals surface area (Å²) in [5.74, 6) is 1.03. The molecule has 1 unspecified atom stereocenters. The second-order valence-corrected chi connectivity index (χ2v) is 4.31. The molecule has 5 nitrogen and oxygen atoms in total. The maximum Gasteiger partial charge on any atom is 0.276 e. The van der Waals surface area contributed by atoms with Gasteiger partial charge in [0.1, 0.15) is 5.75 Å². The maximum atomic E-state index is 11.0. The highest BCUT2D eigenvalue weighted by Gasteiger charge is 2.21. The minimum atomic E-state index is -0.333. The zero-order valence-corrected chi connectivity index (χ0v) is 9.81. The van der Waals surface area contributed by atoms with Crippen LogP contribution < -0.4 is 10.1 Å². The standard InChI is InChI=1S/C12H16N2O3/c1-17-11-3-2-10(12(7-11)14(15)16)6-9-4-5-13-8-9/h2-3,7,9,13H,4-6,8H2,1H3. The topological polar surface area (TPSA) is 64.4 Å². The molecule has 92 valence electrons. The molecule has 1 fully saturated rings. The number of nitro benzene ring substituents is 1. The average Bonchev–Trinajstić information content (AvgIpc) is 2.82. The number of hydrogen-bond donors (Lipinski definition) is 1. The Bertz CT molecular complexity index is 414. The summed E-state index contributed by atoms with van der Waals surface area (Å²) in [6, 6.07) is 5.08. The van der Waals surface area contributed by atoms with Gasteiger partial charge in [-0.2, -0.15) is 0 Å². The van der Waals surface area contributed by atoms with Crippen molar-refractivity contribution in [3.8, 4) is 5.75 Å². The van der Waals surface area contributed by atoms with Crippen LogP contribution in [0.3, 0.4) is 0 Å². The highest BCUT2D eigenvalue weighted by Crippen LogP contribution is 2.27. The van der Waals surface area contributed by atoms with Gasteiger partial charge in [-0.1, -0.05) is 0 Å². The van der Waals surface area contributed by atoms with Crippen molar-refractivity contribution in [3.63, 3.8) is 0 Å². The van der Waals surface area contributed by atoms with E-state index in [-0.39, 0.29) is 10.6 Å². The number of rotatable bonds is 4. The Balaban J connectivity index is 2.22. The van der Waals surface area contributed by atoms with Gasteiger partial charge in [-0.25, -0.2) is 0 Å². The molecule has 1 N–H and O–H groups in total. The lowest BCUT2D eigenvalue weighted by Crippen LogP contribution is -2.11.